The van der Waals surface area contributed by atoms with E-state index in [-0.39, 0.29) is 10.0 Å². The standard InChI is InChI=1S/C11H7ClF3NO2S/c12-8-6-3-1-2-4-7(6)19-9(8)16-10(17)18-5-11(13,14)15/h1-4H,5H2,(H,16,17). The Morgan fingerprint density at radius 1 is 1.37 bits per heavy atom. The molecule has 1 aromatic carbocycles. The van der Waals surface area contributed by atoms with Crippen molar-refractivity contribution < 1.29 is 22.7 Å². The van der Waals surface area contributed by atoms with Crippen LogP contribution in [0, 0.1) is 0 Å². The van der Waals surface area contributed by atoms with Crippen LogP contribution in [0.1, 0.15) is 0 Å². The van der Waals surface area contributed by atoms with E-state index in [1.54, 1.807) is 24.3 Å². The van der Waals surface area contributed by atoms with Gasteiger partial charge in [-0.2, -0.15) is 13.2 Å². The van der Waals surface area contributed by atoms with Crippen molar-refractivity contribution in [3.63, 3.8) is 0 Å². The van der Waals surface area contributed by atoms with Gasteiger partial charge in [0.15, 0.2) is 6.61 Å². The third-order valence-electron chi connectivity index (χ3n) is 2.12. The summed E-state index contributed by atoms with van der Waals surface area (Å²) in [4.78, 5) is 11.2. The molecule has 1 N–H and O–H groups in total. The van der Waals surface area contributed by atoms with E-state index in [2.05, 4.69) is 10.1 Å². The fourth-order valence-electron chi connectivity index (χ4n) is 1.37. The van der Waals surface area contributed by atoms with Crippen molar-refractivity contribution in [3.05, 3.63) is 29.3 Å². The zero-order valence-corrected chi connectivity index (χ0v) is 10.8. The Morgan fingerprint density at radius 3 is 2.68 bits per heavy atom. The molecule has 0 spiro atoms. The van der Waals surface area contributed by atoms with Crippen LogP contribution >= 0.6 is 22.9 Å². The Hall–Kier alpha value is -1.47. The van der Waals surface area contributed by atoms with Crippen molar-refractivity contribution in [2.75, 3.05) is 11.9 Å². The summed E-state index contributed by atoms with van der Waals surface area (Å²) in [6, 6.07) is 7.10. The van der Waals surface area contributed by atoms with Crippen molar-refractivity contribution in [2.45, 2.75) is 6.18 Å². The summed E-state index contributed by atoms with van der Waals surface area (Å²) in [5, 5.41) is 3.46. The molecule has 0 radical (unpaired) electrons. The number of fused-ring (bicyclic) bond motifs is 1. The predicted octanol–water partition coefficient (Wildman–Crippen LogP) is 4.67. The third kappa shape index (κ3) is 3.51. The lowest BCUT2D eigenvalue weighted by molar-refractivity contribution is -0.159. The Labute approximate surface area is 114 Å². The molecule has 0 saturated carbocycles. The maximum absolute atomic E-state index is 11.9. The second-order valence-corrected chi connectivity index (χ2v) is 4.99. The first-order chi connectivity index (χ1) is 8.87. The predicted molar refractivity (Wildman–Crippen MR) is 67.9 cm³/mol. The fraction of sp³-hybridized carbons (Fsp3) is 0.182. The number of benzene rings is 1. The molecule has 0 bridgehead atoms. The monoisotopic (exact) mass is 309 g/mol. The van der Waals surface area contributed by atoms with Gasteiger partial charge < -0.3 is 4.74 Å². The molecule has 1 heterocycles. The van der Waals surface area contributed by atoms with Crippen LogP contribution in [-0.4, -0.2) is 18.9 Å². The average molecular weight is 310 g/mol. The summed E-state index contributed by atoms with van der Waals surface area (Å²) in [6.07, 6.45) is -5.74. The lowest BCUT2D eigenvalue weighted by Crippen LogP contribution is -2.23. The molecule has 2 aromatic rings. The largest absolute Gasteiger partial charge is 0.440 e. The van der Waals surface area contributed by atoms with E-state index in [1.165, 1.54) is 0 Å². The number of hydrogen-bond donors (Lipinski definition) is 1. The number of carbonyl (C=O) groups excluding carboxylic acids is 1. The summed E-state index contributed by atoms with van der Waals surface area (Å²) >= 11 is 7.17. The van der Waals surface area contributed by atoms with Crippen molar-refractivity contribution >= 4 is 44.1 Å². The number of ether oxygens (including phenoxy) is 1. The number of hydrogen-bond acceptors (Lipinski definition) is 3. The summed E-state index contributed by atoms with van der Waals surface area (Å²) < 4.78 is 40.5. The number of halogens is 4. The Morgan fingerprint density at radius 2 is 2.05 bits per heavy atom. The zero-order chi connectivity index (χ0) is 14.0. The number of anilines is 1. The minimum absolute atomic E-state index is 0.259. The Bertz CT molecular complexity index is 611. The van der Waals surface area contributed by atoms with Crippen LogP contribution in [0.2, 0.25) is 5.02 Å². The summed E-state index contributed by atoms with van der Waals surface area (Å²) in [6.45, 7) is -1.64. The van der Waals surface area contributed by atoms with Crippen molar-refractivity contribution in [1.82, 2.24) is 0 Å². The number of amides is 1. The van der Waals surface area contributed by atoms with Crippen molar-refractivity contribution in [3.8, 4) is 0 Å². The molecule has 0 aliphatic rings. The van der Waals surface area contributed by atoms with Gasteiger partial charge in [-0.15, -0.1) is 11.3 Å². The second kappa shape index (κ2) is 5.26. The number of alkyl halides is 3. The minimum atomic E-state index is -4.55. The van der Waals surface area contributed by atoms with E-state index >= 15 is 0 Å². The molecule has 3 nitrogen and oxygen atoms in total. The summed E-state index contributed by atoms with van der Waals surface area (Å²) in [7, 11) is 0. The molecule has 8 heteroatoms. The molecule has 19 heavy (non-hydrogen) atoms. The smallest absolute Gasteiger partial charge is 0.422 e. The molecule has 0 aliphatic carbocycles. The molecule has 102 valence electrons. The van der Waals surface area contributed by atoms with E-state index in [4.69, 9.17) is 11.6 Å². The van der Waals surface area contributed by atoms with Gasteiger partial charge in [0.2, 0.25) is 0 Å². The maximum Gasteiger partial charge on any atom is 0.422 e. The van der Waals surface area contributed by atoms with Gasteiger partial charge in [-0.25, -0.2) is 4.79 Å². The second-order valence-electron chi connectivity index (χ2n) is 3.56. The highest BCUT2D eigenvalue weighted by atomic mass is 35.5. The Kier molecular flexibility index (Phi) is 3.86. The molecule has 0 aliphatic heterocycles. The quantitative estimate of drug-likeness (QED) is 0.875. The van der Waals surface area contributed by atoms with Crippen LogP contribution in [-0.2, 0) is 4.74 Å². The average Bonchev–Trinajstić information content (AvgIpc) is 2.64. The van der Waals surface area contributed by atoms with Crippen LogP contribution in [0.15, 0.2) is 24.3 Å². The van der Waals surface area contributed by atoms with E-state index in [0.29, 0.717) is 0 Å². The van der Waals surface area contributed by atoms with E-state index in [0.717, 1.165) is 21.4 Å². The molecule has 0 unspecified atom stereocenters. The summed E-state index contributed by atoms with van der Waals surface area (Å²) in [5.41, 5.74) is 0. The van der Waals surface area contributed by atoms with E-state index in [1.807, 2.05) is 0 Å². The number of nitrogens with one attached hydrogen (secondary N) is 1. The molecule has 0 saturated heterocycles. The van der Waals surface area contributed by atoms with Crippen LogP contribution in [0.5, 0.6) is 0 Å². The highest BCUT2D eigenvalue weighted by Crippen LogP contribution is 2.39. The molecule has 2 rings (SSSR count). The van der Waals surface area contributed by atoms with Crippen LogP contribution in [0.25, 0.3) is 10.1 Å². The fourth-order valence-corrected chi connectivity index (χ4v) is 2.73. The van der Waals surface area contributed by atoms with Gasteiger partial charge in [-0.05, 0) is 6.07 Å². The number of thiophene rings is 1. The normalized spacial score (nSPS) is 11.6. The molecule has 0 atom stereocenters. The highest BCUT2D eigenvalue weighted by molar-refractivity contribution is 7.23. The van der Waals surface area contributed by atoms with Gasteiger partial charge in [0.05, 0.1) is 5.02 Å². The highest BCUT2D eigenvalue weighted by Gasteiger charge is 2.29. The van der Waals surface area contributed by atoms with Crippen LogP contribution in [0.3, 0.4) is 0 Å². The third-order valence-corrected chi connectivity index (χ3v) is 3.71. The first-order valence-corrected chi connectivity index (χ1v) is 6.24. The number of rotatable bonds is 2. The first-order valence-electron chi connectivity index (χ1n) is 5.04. The molecule has 0 fully saturated rings. The van der Waals surface area contributed by atoms with Gasteiger partial charge in [0.1, 0.15) is 5.00 Å². The number of carbonyl (C=O) groups is 1. The van der Waals surface area contributed by atoms with E-state index in [9.17, 15) is 18.0 Å². The molecule has 1 aromatic heterocycles. The van der Waals surface area contributed by atoms with Gasteiger partial charge >= 0.3 is 12.3 Å². The molecular weight excluding hydrogens is 303 g/mol. The van der Waals surface area contributed by atoms with Crippen LogP contribution < -0.4 is 5.32 Å². The lowest BCUT2D eigenvalue weighted by Gasteiger charge is -2.08. The molecular formula is C11H7ClF3NO2S. The van der Waals surface area contributed by atoms with E-state index < -0.39 is 18.9 Å². The lowest BCUT2D eigenvalue weighted by atomic mass is 10.3. The van der Waals surface area contributed by atoms with Crippen molar-refractivity contribution in [1.29, 1.82) is 0 Å². The van der Waals surface area contributed by atoms with Gasteiger partial charge in [-0.3, -0.25) is 5.32 Å². The zero-order valence-electron chi connectivity index (χ0n) is 9.25. The first kappa shape index (κ1) is 14.0. The Balaban J connectivity index is 2.09. The van der Waals surface area contributed by atoms with Gasteiger partial charge in [-0.1, -0.05) is 29.8 Å². The van der Waals surface area contributed by atoms with Gasteiger partial charge in [0.25, 0.3) is 0 Å². The van der Waals surface area contributed by atoms with Gasteiger partial charge in [0, 0.05) is 10.1 Å². The van der Waals surface area contributed by atoms with Crippen LogP contribution in [0.4, 0.5) is 23.0 Å². The maximum atomic E-state index is 11.9. The molecule has 1 amide bonds. The SMILES string of the molecule is O=C(Nc1sc2ccccc2c1Cl)OCC(F)(F)F. The summed E-state index contributed by atoms with van der Waals surface area (Å²) in [5.74, 6) is 0. The topological polar surface area (TPSA) is 38.3 Å². The van der Waals surface area contributed by atoms with Crippen molar-refractivity contribution in [2.24, 2.45) is 0 Å². The minimum Gasteiger partial charge on any atom is -0.440 e.